The van der Waals surface area contributed by atoms with E-state index in [4.69, 9.17) is 0 Å². The van der Waals surface area contributed by atoms with E-state index >= 15 is 0 Å². The number of anilines is 1. The number of hydrogen-bond acceptors (Lipinski definition) is 5. The number of piperazine rings is 1. The number of amides is 1. The highest BCUT2D eigenvalue weighted by Gasteiger charge is 2.20. The van der Waals surface area contributed by atoms with E-state index < -0.39 is 0 Å². The van der Waals surface area contributed by atoms with Crippen LogP contribution in [0.25, 0.3) is 0 Å². The minimum absolute atomic E-state index is 0.0489. The highest BCUT2D eigenvalue weighted by molar-refractivity contribution is 5.92. The van der Waals surface area contributed by atoms with Crippen molar-refractivity contribution in [3.05, 3.63) is 54.0 Å². The van der Waals surface area contributed by atoms with Crippen molar-refractivity contribution in [2.24, 2.45) is 0 Å². The number of likely N-dealkylation sites (N-methyl/N-ethyl adjacent to an activating group) is 1. The zero-order chi connectivity index (χ0) is 18.4. The van der Waals surface area contributed by atoms with Crippen molar-refractivity contribution in [1.29, 1.82) is 0 Å². The first-order valence-corrected chi connectivity index (χ1v) is 9.33. The van der Waals surface area contributed by atoms with Crippen LogP contribution in [0, 0.1) is 0 Å². The van der Waals surface area contributed by atoms with Gasteiger partial charge in [-0.25, -0.2) is 9.97 Å². The summed E-state index contributed by atoms with van der Waals surface area (Å²) in [7, 11) is 0. The smallest absolute Gasteiger partial charge is 0.272 e. The average molecular weight is 353 g/mol. The summed E-state index contributed by atoms with van der Waals surface area (Å²) in [6, 6.07) is 11.9. The number of hydrogen-bond donors (Lipinski definition) is 0. The second-order valence-corrected chi connectivity index (χ2v) is 6.49. The summed E-state index contributed by atoms with van der Waals surface area (Å²) >= 11 is 0. The average Bonchev–Trinajstić information content (AvgIpc) is 2.72. The maximum atomic E-state index is 12.9. The third kappa shape index (κ3) is 4.38. The molecule has 6 heteroatoms. The van der Waals surface area contributed by atoms with Crippen LogP contribution in [0.3, 0.4) is 0 Å². The quantitative estimate of drug-likeness (QED) is 0.797. The molecule has 0 saturated carbocycles. The van der Waals surface area contributed by atoms with E-state index in [-0.39, 0.29) is 5.91 Å². The largest absolute Gasteiger partial charge is 0.354 e. The van der Waals surface area contributed by atoms with Crippen molar-refractivity contribution in [1.82, 2.24) is 19.8 Å². The molecule has 0 radical (unpaired) electrons. The van der Waals surface area contributed by atoms with E-state index in [0.29, 0.717) is 18.8 Å². The molecular weight excluding hydrogens is 326 g/mol. The lowest BCUT2D eigenvalue weighted by molar-refractivity contribution is 0.0746. The molecule has 0 spiro atoms. The fraction of sp³-hybridized carbons (Fsp3) is 0.450. The topological polar surface area (TPSA) is 52.6 Å². The number of aromatic nitrogens is 2. The number of carbonyl (C=O) groups excluding carboxylic acids is 1. The summed E-state index contributed by atoms with van der Waals surface area (Å²) in [4.78, 5) is 28.0. The Hall–Kier alpha value is -2.47. The molecule has 1 aromatic heterocycles. The lowest BCUT2D eigenvalue weighted by Gasteiger charge is -2.34. The van der Waals surface area contributed by atoms with Gasteiger partial charge in [0, 0.05) is 45.3 Å². The molecule has 2 heterocycles. The van der Waals surface area contributed by atoms with E-state index in [2.05, 4.69) is 26.7 Å². The van der Waals surface area contributed by atoms with E-state index in [1.54, 1.807) is 0 Å². The number of rotatable bonds is 6. The minimum atomic E-state index is -0.0489. The number of carbonyl (C=O) groups is 1. The Morgan fingerprint density at radius 3 is 2.46 bits per heavy atom. The molecule has 1 saturated heterocycles. The lowest BCUT2D eigenvalue weighted by Crippen LogP contribution is -2.46. The Morgan fingerprint density at radius 2 is 1.81 bits per heavy atom. The van der Waals surface area contributed by atoms with Gasteiger partial charge >= 0.3 is 0 Å². The fourth-order valence-corrected chi connectivity index (χ4v) is 3.22. The van der Waals surface area contributed by atoms with Crippen LogP contribution in [0.1, 0.15) is 29.9 Å². The van der Waals surface area contributed by atoms with Crippen LogP contribution in [-0.4, -0.2) is 64.9 Å². The third-order valence-corrected chi connectivity index (χ3v) is 4.90. The van der Waals surface area contributed by atoms with Gasteiger partial charge in [-0.1, -0.05) is 37.3 Å². The molecule has 0 bridgehead atoms. The van der Waals surface area contributed by atoms with Crippen LogP contribution in [0.15, 0.2) is 42.7 Å². The summed E-state index contributed by atoms with van der Waals surface area (Å²) in [5.41, 5.74) is 1.58. The fourth-order valence-electron chi connectivity index (χ4n) is 3.22. The molecule has 2 aromatic rings. The molecule has 0 N–H and O–H groups in total. The molecule has 138 valence electrons. The predicted molar refractivity (Wildman–Crippen MR) is 103 cm³/mol. The Morgan fingerprint density at radius 1 is 1.08 bits per heavy atom. The Labute approximate surface area is 155 Å². The van der Waals surface area contributed by atoms with Gasteiger partial charge in [0.25, 0.3) is 5.91 Å². The maximum Gasteiger partial charge on any atom is 0.272 e. The van der Waals surface area contributed by atoms with Crippen molar-refractivity contribution >= 4 is 11.7 Å². The molecule has 0 unspecified atom stereocenters. The van der Waals surface area contributed by atoms with E-state index in [9.17, 15) is 4.79 Å². The van der Waals surface area contributed by atoms with Crippen LogP contribution in [0.4, 0.5) is 5.82 Å². The normalized spacial score (nSPS) is 15.1. The predicted octanol–water partition coefficient (Wildman–Crippen LogP) is 2.28. The van der Waals surface area contributed by atoms with Gasteiger partial charge in [-0.05, 0) is 19.0 Å². The lowest BCUT2D eigenvalue weighted by atomic mass is 10.2. The molecule has 1 aliphatic rings. The van der Waals surface area contributed by atoms with Gasteiger partial charge in [-0.2, -0.15) is 0 Å². The molecule has 1 aliphatic heterocycles. The minimum Gasteiger partial charge on any atom is -0.354 e. The van der Waals surface area contributed by atoms with E-state index in [0.717, 1.165) is 44.1 Å². The number of nitrogens with zero attached hydrogens (tertiary/aromatic N) is 5. The molecule has 0 aliphatic carbocycles. The molecule has 1 amide bonds. The molecule has 6 nitrogen and oxygen atoms in total. The van der Waals surface area contributed by atoms with Gasteiger partial charge < -0.3 is 14.7 Å². The molecule has 0 atom stereocenters. The van der Waals surface area contributed by atoms with Crippen LogP contribution < -0.4 is 4.90 Å². The molecule has 1 fully saturated rings. The van der Waals surface area contributed by atoms with Crippen molar-refractivity contribution in [2.45, 2.75) is 20.4 Å². The third-order valence-electron chi connectivity index (χ3n) is 4.90. The molecule has 3 rings (SSSR count). The van der Waals surface area contributed by atoms with E-state index in [1.165, 1.54) is 6.33 Å². The van der Waals surface area contributed by atoms with Crippen molar-refractivity contribution in [3.63, 3.8) is 0 Å². The van der Waals surface area contributed by atoms with Gasteiger partial charge in [0.05, 0.1) is 0 Å². The zero-order valence-electron chi connectivity index (χ0n) is 15.6. The first kappa shape index (κ1) is 18.3. The molecular formula is C20H27N5O. The highest BCUT2D eigenvalue weighted by Crippen LogP contribution is 2.16. The summed E-state index contributed by atoms with van der Waals surface area (Å²) in [5.74, 6) is 0.794. The van der Waals surface area contributed by atoms with E-state index in [1.807, 2.05) is 48.2 Å². The standard InChI is InChI=1S/C20H27N5O/c1-3-23-10-12-25(13-11-23)19-14-18(21-16-22-19)20(26)24(4-2)15-17-8-6-5-7-9-17/h5-9,14,16H,3-4,10-13,15H2,1-2H3. The summed E-state index contributed by atoms with van der Waals surface area (Å²) in [6.45, 7) is 10.4. The SMILES string of the molecule is CCN1CCN(c2cc(C(=O)N(CC)Cc3ccccc3)ncn2)CC1. The zero-order valence-corrected chi connectivity index (χ0v) is 15.6. The highest BCUT2D eigenvalue weighted by atomic mass is 16.2. The number of benzene rings is 1. The van der Waals surface area contributed by atoms with Gasteiger partial charge in [-0.3, -0.25) is 4.79 Å². The first-order valence-electron chi connectivity index (χ1n) is 9.33. The Bertz CT molecular complexity index is 713. The van der Waals surface area contributed by atoms with Crippen LogP contribution in [0.5, 0.6) is 0 Å². The Balaban J connectivity index is 1.71. The molecule has 1 aromatic carbocycles. The Kier molecular flexibility index (Phi) is 6.17. The van der Waals surface area contributed by atoms with Gasteiger partial charge in [0.15, 0.2) is 0 Å². The van der Waals surface area contributed by atoms with Crippen LogP contribution >= 0.6 is 0 Å². The second kappa shape index (κ2) is 8.76. The van der Waals surface area contributed by atoms with Crippen molar-refractivity contribution in [2.75, 3.05) is 44.2 Å². The monoisotopic (exact) mass is 353 g/mol. The molecule has 26 heavy (non-hydrogen) atoms. The summed E-state index contributed by atoms with van der Waals surface area (Å²) in [5, 5.41) is 0. The maximum absolute atomic E-state index is 12.9. The van der Waals surface area contributed by atoms with Crippen LogP contribution in [-0.2, 0) is 6.54 Å². The van der Waals surface area contributed by atoms with Crippen LogP contribution in [0.2, 0.25) is 0 Å². The first-order chi connectivity index (χ1) is 12.7. The summed E-state index contributed by atoms with van der Waals surface area (Å²) in [6.07, 6.45) is 1.51. The van der Waals surface area contributed by atoms with Crippen molar-refractivity contribution < 1.29 is 4.79 Å². The summed E-state index contributed by atoms with van der Waals surface area (Å²) < 4.78 is 0. The van der Waals surface area contributed by atoms with Gasteiger partial charge in [0.2, 0.25) is 0 Å². The van der Waals surface area contributed by atoms with Gasteiger partial charge in [0.1, 0.15) is 17.8 Å². The van der Waals surface area contributed by atoms with Gasteiger partial charge in [-0.15, -0.1) is 0 Å². The second-order valence-electron chi connectivity index (χ2n) is 6.49. The van der Waals surface area contributed by atoms with Crippen molar-refractivity contribution in [3.8, 4) is 0 Å².